The minimum absolute atomic E-state index is 0.0525. The molecule has 14 heteroatoms. The van der Waals surface area contributed by atoms with Gasteiger partial charge in [0, 0.05) is 19.6 Å². The highest BCUT2D eigenvalue weighted by Crippen LogP contribution is 2.58. The van der Waals surface area contributed by atoms with Crippen molar-refractivity contribution in [3.8, 4) is 0 Å². The van der Waals surface area contributed by atoms with Crippen molar-refractivity contribution in [3.05, 3.63) is 62.3 Å². The molecule has 2 bridgehead atoms. The van der Waals surface area contributed by atoms with E-state index in [1.54, 1.807) is 25.2 Å². The molecular formula is C27H28N6O8. The molecule has 3 N–H and O–H groups in total. The van der Waals surface area contributed by atoms with E-state index in [0.29, 0.717) is 55.2 Å². The van der Waals surface area contributed by atoms with Gasteiger partial charge in [-0.15, -0.1) is 0 Å². The summed E-state index contributed by atoms with van der Waals surface area (Å²) < 4.78 is 12.1. The highest BCUT2D eigenvalue weighted by Gasteiger charge is 2.54. The number of aliphatic carboxylic acids is 1. The highest BCUT2D eigenvalue weighted by atomic mass is 16.5. The number of carboxylic acids is 1. The van der Waals surface area contributed by atoms with Crippen LogP contribution in [0, 0.1) is 10.8 Å². The fourth-order valence-corrected chi connectivity index (χ4v) is 6.30. The van der Waals surface area contributed by atoms with Gasteiger partial charge in [-0.05, 0) is 79.8 Å². The maximum absolute atomic E-state index is 13.3. The SMILES string of the molecule is CC(NC(=O)c1cc(C(=O)NCc2ccc3oc(=O)n(C)c3c2)n2c(=O)onc2n1)C12CCC(C(=O)O)(CC1)CC2. The van der Waals surface area contributed by atoms with Crippen LogP contribution in [0.2, 0.25) is 0 Å². The van der Waals surface area contributed by atoms with E-state index in [-0.39, 0.29) is 35.2 Å². The molecule has 3 aliphatic carbocycles. The van der Waals surface area contributed by atoms with Gasteiger partial charge in [-0.3, -0.25) is 23.5 Å². The van der Waals surface area contributed by atoms with Crippen LogP contribution >= 0.6 is 0 Å². The van der Waals surface area contributed by atoms with Gasteiger partial charge in [-0.1, -0.05) is 6.07 Å². The zero-order valence-corrected chi connectivity index (χ0v) is 22.4. The number of fused-ring (bicyclic) bond motifs is 5. The second-order valence-electron chi connectivity index (χ2n) is 11.2. The van der Waals surface area contributed by atoms with E-state index in [1.807, 2.05) is 6.92 Å². The molecule has 1 unspecified atom stereocenters. The van der Waals surface area contributed by atoms with Crippen LogP contribution in [-0.4, -0.2) is 48.0 Å². The average Bonchev–Trinajstić information content (AvgIpc) is 3.49. The molecule has 0 spiro atoms. The lowest BCUT2D eigenvalue weighted by molar-refractivity contribution is -0.159. The van der Waals surface area contributed by atoms with Crippen LogP contribution in [-0.2, 0) is 18.4 Å². The molecule has 1 aromatic carbocycles. The molecule has 3 heterocycles. The fraction of sp³-hybridized carbons (Fsp3) is 0.444. The van der Waals surface area contributed by atoms with E-state index in [1.165, 1.54) is 10.6 Å². The summed E-state index contributed by atoms with van der Waals surface area (Å²) in [7, 11) is 1.57. The van der Waals surface area contributed by atoms with Gasteiger partial charge in [0.15, 0.2) is 5.58 Å². The van der Waals surface area contributed by atoms with Crippen molar-refractivity contribution in [1.29, 1.82) is 0 Å². The van der Waals surface area contributed by atoms with Gasteiger partial charge >= 0.3 is 17.5 Å². The molecule has 3 fully saturated rings. The summed E-state index contributed by atoms with van der Waals surface area (Å²) in [4.78, 5) is 66.6. The van der Waals surface area contributed by atoms with Gasteiger partial charge < -0.3 is 20.2 Å². The van der Waals surface area contributed by atoms with Crippen molar-refractivity contribution < 1.29 is 28.4 Å². The van der Waals surface area contributed by atoms with E-state index >= 15 is 0 Å². The van der Waals surface area contributed by atoms with Crippen molar-refractivity contribution in [2.24, 2.45) is 17.9 Å². The van der Waals surface area contributed by atoms with Crippen LogP contribution in [0.3, 0.4) is 0 Å². The molecule has 2 amide bonds. The Kier molecular flexibility index (Phi) is 6.08. The van der Waals surface area contributed by atoms with Crippen molar-refractivity contribution in [2.45, 2.75) is 58.0 Å². The molecule has 3 saturated carbocycles. The van der Waals surface area contributed by atoms with Crippen LogP contribution in [0.4, 0.5) is 0 Å². The maximum Gasteiger partial charge on any atom is 0.448 e. The summed E-state index contributed by atoms with van der Waals surface area (Å²) in [6.45, 7) is 1.95. The summed E-state index contributed by atoms with van der Waals surface area (Å²) in [6, 6.07) is 5.95. The first-order valence-electron chi connectivity index (χ1n) is 13.3. The number of amides is 2. The molecule has 41 heavy (non-hydrogen) atoms. The molecular weight excluding hydrogens is 536 g/mol. The first-order valence-corrected chi connectivity index (χ1v) is 13.3. The summed E-state index contributed by atoms with van der Waals surface area (Å²) in [5, 5.41) is 19.0. The number of carbonyl (C=O) groups is 3. The Hall–Kier alpha value is -4.75. The first kappa shape index (κ1) is 26.5. The van der Waals surface area contributed by atoms with Crippen LogP contribution in [0.25, 0.3) is 16.9 Å². The minimum Gasteiger partial charge on any atom is -0.481 e. The third kappa shape index (κ3) is 4.30. The molecule has 0 saturated heterocycles. The van der Waals surface area contributed by atoms with Crippen molar-refractivity contribution in [1.82, 2.24) is 29.7 Å². The fourth-order valence-electron chi connectivity index (χ4n) is 6.30. The number of hydrogen-bond donors (Lipinski definition) is 3. The Labute approximate surface area is 231 Å². The molecule has 14 nitrogen and oxygen atoms in total. The zero-order valence-electron chi connectivity index (χ0n) is 22.4. The molecule has 3 aliphatic rings. The molecule has 1 atom stereocenters. The van der Waals surface area contributed by atoms with Gasteiger partial charge in [-0.25, -0.2) is 19.0 Å². The maximum atomic E-state index is 13.3. The number of carbonyl (C=O) groups excluding carboxylic acids is 2. The normalized spacial score (nSPS) is 22.6. The van der Waals surface area contributed by atoms with Crippen LogP contribution in [0.1, 0.15) is 72.0 Å². The number of nitrogens with one attached hydrogen (secondary N) is 2. The minimum atomic E-state index is -0.932. The average molecular weight is 565 g/mol. The van der Waals surface area contributed by atoms with E-state index in [2.05, 4.69) is 20.8 Å². The van der Waals surface area contributed by atoms with Crippen molar-refractivity contribution in [2.75, 3.05) is 0 Å². The Balaban J connectivity index is 1.22. The monoisotopic (exact) mass is 564 g/mol. The van der Waals surface area contributed by atoms with E-state index in [4.69, 9.17) is 8.94 Å². The largest absolute Gasteiger partial charge is 0.481 e. The lowest BCUT2D eigenvalue weighted by Crippen LogP contribution is -2.54. The number of oxazole rings is 1. The second kappa shape index (κ2) is 9.42. The van der Waals surface area contributed by atoms with E-state index in [9.17, 15) is 29.1 Å². The summed E-state index contributed by atoms with van der Waals surface area (Å²) >= 11 is 0. The smallest absolute Gasteiger partial charge is 0.448 e. The zero-order chi connectivity index (χ0) is 29.1. The molecule has 0 aliphatic heterocycles. The Morgan fingerprint density at radius 3 is 2.44 bits per heavy atom. The van der Waals surface area contributed by atoms with Gasteiger partial charge in [0.25, 0.3) is 17.6 Å². The number of hydrogen-bond acceptors (Lipinski definition) is 9. The summed E-state index contributed by atoms with van der Waals surface area (Å²) in [5.41, 5.74) is 0.446. The molecule has 7 rings (SSSR count). The quantitative estimate of drug-likeness (QED) is 0.297. The molecule has 214 valence electrons. The Bertz CT molecular complexity index is 1820. The summed E-state index contributed by atoms with van der Waals surface area (Å²) in [6.07, 6.45) is 3.79. The number of nitrogens with zero attached hydrogens (tertiary/aromatic N) is 4. The van der Waals surface area contributed by atoms with Gasteiger partial charge in [0.2, 0.25) is 0 Å². The lowest BCUT2D eigenvalue weighted by atomic mass is 9.52. The third-order valence-electron chi connectivity index (χ3n) is 9.12. The highest BCUT2D eigenvalue weighted by molar-refractivity contribution is 5.98. The van der Waals surface area contributed by atoms with Gasteiger partial charge in [0.1, 0.15) is 11.4 Å². The number of aryl methyl sites for hydroxylation is 1. The number of rotatable bonds is 7. The van der Waals surface area contributed by atoms with Crippen molar-refractivity contribution >= 4 is 34.7 Å². The predicted molar refractivity (Wildman–Crippen MR) is 141 cm³/mol. The van der Waals surface area contributed by atoms with Gasteiger partial charge in [-0.2, -0.15) is 0 Å². The topological polar surface area (TPSA) is 191 Å². The van der Waals surface area contributed by atoms with Crippen molar-refractivity contribution in [3.63, 3.8) is 0 Å². The van der Waals surface area contributed by atoms with Crippen LogP contribution in [0.5, 0.6) is 0 Å². The Morgan fingerprint density at radius 1 is 1.05 bits per heavy atom. The molecule has 4 aromatic rings. The predicted octanol–water partition coefficient (Wildman–Crippen LogP) is 1.60. The first-order chi connectivity index (χ1) is 19.5. The van der Waals surface area contributed by atoms with Gasteiger partial charge in [0.05, 0.1) is 10.9 Å². The van der Waals surface area contributed by atoms with Crippen LogP contribution in [0.15, 0.2) is 42.8 Å². The van der Waals surface area contributed by atoms with E-state index < -0.39 is 34.7 Å². The second-order valence-corrected chi connectivity index (χ2v) is 11.2. The Morgan fingerprint density at radius 2 is 1.76 bits per heavy atom. The third-order valence-corrected chi connectivity index (χ3v) is 9.12. The van der Waals surface area contributed by atoms with Crippen LogP contribution < -0.4 is 22.1 Å². The molecule has 0 radical (unpaired) electrons. The number of carboxylic acid groups (broad SMARTS) is 1. The van der Waals surface area contributed by atoms with E-state index in [0.717, 1.165) is 4.40 Å². The lowest BCUT2D eigenvalue weighted by Gasteiger charge is -2.54. The number of aromatic nitrogens is 4. The summed E-state index contributed by atoms with van der Waals surface area (Å²) in [5.74, 6) is -3.65. The standard InChI is InChI=1S/C27H28N6O8/c1-14(26-5-8-27(9-6-26,10-7-26)22(36)37)29-20(34)16-12-18(33-23(30-16)31-41-25(33)39)21(35)28-13-15-3-4-19-17(11-15)32(2)24(38)40-19/h3-4,11-12,14H,5-10,13H2,1-2H3,(H,28,35)(H,29,34)(H,36,37). The molecule has 3 aromatic heterocycles. The number of benzene rings is 1.